The fourth-order valence-electron chi connectivity index (χ4n) is 3.47. The van der Waals surface area contributed by atoms with E-state index in [1.807, 2.05) is 0 Å². The third-order valence-corrected chi connectivity index (χ3v) is 6.96. The van der Waals surface area contributed by atoms with E-state index in [9.17, 15) is 22.8 Å². The zero-order valence-corrected chi connectivity index (χ0v) is 16.3. The molecule has 1 aromatic carbocycles. The van der Waals surface area contributed by atoms with Crippen molar-refractivity contribution in [3.05, 3.63) is 34.9 Å². The molecule has 2 N–H and O–H groups in total. The lowest BCUT2D eigenvalue weighted by atomic mass is 9.87. The topological polar surface area (TPSA) is 113 Å². The molecular weight excluding hydrogens is 394 g/mol. The van der Waals surface area contributed by atoms with Crippen molar-refractivity contribution in [1.29, 1.82) is 0 Å². The van der Waals surface area contributed by atoms with Crippen molar-refractivity contribution in [2.75, 3.05) is 18.1 Å². The van der Waals surface area contributed by atoms with Crippen LogP contribution in [0.5, 0.6) is 0 Å². The number of halogens is 1. The van der Waals surface area contributed by atoms with Gasteiger partial charge in [-0.05, 0) is 30.5 Å². The van der Waals surface area contributed by atoms with Gasteiger partial charge in [0.15, 0.2) is 9.84 Å². The average Bonchev–Trinajstić information content (AvgIpc) is 3.07. The standard InChI is InChI=1S/C17H20ClN3O5S/c1-2-17(11-3-5-12(18)6-4-11)15(23)21(16(24)20-17)9-14(22)19-13-7-8-27(25,26)10-13/h3-6,13H,2,7-10H2,1H3,(H,19,22)(H,20,24)/t13-,17-/m1/s1. The van der Waals surface area contributed by atoms with Crippen molar-refractivity contribution in [3.8, 4) is 0 Å². The van der Waals surface area contributed by atoms with Crippen LogP contribution in [0.25, 0.3) is 0 Å². The van der Waals surface area contributed by atoms with E-state index < -0.39 is 45.8 Å². The Bertz CT molecular complexity index is 886. The first kappa shape index (κ1) is 19.6. The van der Waals surface area contributed by atoms with E-state index in [4.69, 9.17) is 11.6 Å². The van der Waals surface area contributed by atoms with Gasteiger partial charge in [0.05, 0.1) is 11.5 Å². The molecule has 2 heterocycles. The lowest BCUT2D eigenvalue weighted by molar-refractivity contribution is -0.135. The Balaban J connectivity index is 1.73. The molecule has 1 aromatic rings. The van der Waals surface area contributed by atoms with Crippen LogP contribution in [-0.2, 0) is 25.0 Å². The number of imide groups is 1. The molecule has 2 aliphatic rings. The summed E-state index contributed by atoms with van der Waals surface area (Å²) in [5.74, 6) is -1.19. The molecule has 4 amide bonds. The lowest BCUT2D eigenvalue weighted by Crippen LogP contribution is -2.46. The molecule has 0 aromatic heterocycles. The predicted molar refractivity (Wildman–Crippen MR) is 98.9 cm³/mol. The summed E-state index contributed by atoms with van der Waals surface area (Å²) in [6.45, 7) is 1.30. The van der Waals surface area contributed by atoms with Gasteiger partial charge < -0.3 is 10.6 Å². The molecule has 2 saturated heterocycles. The highest BCUT2D eigenvalue weighted by molar-refractivity contribution is 7.91. The number of nitrogens with zero attached hydrogens (tertiary/aromatic N) is 1. The second-order valence-corrected chi connectivity index (χ2v) is 9.42. The Morgan fingerprint density at radius 3 is 2.56 bits per heavy atom. The van der Waals surface area contributed by atoms with Crippen LogP contribution in [-0.4, -0.2) is 55.3 Å². The average molecular weight is 414 g/mol. The van der Waals surface area contributed by atoms with E-state index in [0.29, 0.717) is 23.4 Å². The van der Waals surface area contributed by atoms with Crippen LogP contribution in [0.15, 0.2) is 24.3 Å². The molecule has 146 valence electrons. The molecule has 10 heteroatoms. The van der Waals surface area contributed by atoms with Crippen LogP contribution >= 0.6 is 11.6 Å². The van der Waals surface area contributed by atoms with E-state index in [-0.39, 0.29) is 11.5 Å². The number of hydrogen-bond acceptors (Lipinski definition) is 5. The number of benzene rings is 1. The van der Waals surface area contributed by atoms with Gasteiger partial charge in [0.25, 0.3) is 5.91 Å². The van der Waals surface area contributed by atoms with E-state index in [0.717, 1.165) is 4.90 Å². The first-order chi connectivity index (χ1) is 12.7. The van der Waals surface area contributed by atoms with Crippen molar-refractivity contribution in [3.63, 3.8) is 0 Å². The highest BCUT2D eigenvalue weighted by Gasteiger charge is 2.51. The molecular formula is C17H20ClN3O5S. The lowest BCUT2D eigenvalue weighted by Gasteiger charge is -2.25. The fourth-order valence-corrected chi connectivity index (χ4v) is 5.27. The number of carbonyl (C=O) groups excluding carboxylic acids is 3. The Labute approximate surface area is 162 Å². The number of sulfone groups is 1. The Morgan fingerprint density at radius 1 is 1.33 bits per heavy atom. The van der Waals surface area contributed by atoms with Gasteiger partial charge in [0.2, 0.25) is 5.91 Å². The number of amides is 4. The van der Waals surface area contributed by atoms with Gasteiger partial charge in [-0.1, -0.05) is 30.7 Å². The Kier molecular flexibility index (Phi) is 5.18. The normalized spacial score (nSPS) is 26.9. The zero-order valence-electron chi connectivity index (χ0n) is 14.7. The number of carbonyl (C=O) groups is 3. The molecule has 0 spiro atoms. The van der Waals surface area contributed by atoms with Gasteiger partial charge in [-0.3, -0.25) is 14.5 Å². The summed E-state index contributed by atoms with van der Waals surface area (Å²) in [7, 11) is -3.14. The molecule has 2 fully saturated rings. The van der Waals surface area contributed by atoms with Gasteiger partial charge in [0.1, 0.15) is 12.1 Å². The predicted octanol–water partition coefficient (Wildman–Crippen LogP) is 0.800. The van der Waals surface area contributed by atoms with Gasteiger partial charge in [-0.15, -0.1) is 0 Å². The SMILES string of the molecule is CC[C@]1(c2ccc(Cl)cc2)NC(=O)N(CC(=O)N[C@@H]2CCS(=O)(=O)C2)C1=O. The molecule has 3 rings (SSSR count). The van der Waals surface area contributed by atoms with Crippen molar-refractivity contribution in [1.82, 2.24) is 15.5 Å². The monoisotopic (exact) mass is 413 g/mol. The number of rotatable bonds is 5. The molecule has 2 aliphatic heterocycles. The van der Waals surface area contributed by atoms with Gasteiger partial charge in [0, 0.05) is 11.1 Å². The molecule has 0 aliphatic carbocycles. The Morgan fingerprint density at radius 2 is 2.00 bits per heavy atom. The van der Waals surface area contributed by atoms with Crippen LogP contribution in [0.3, 0.4) is 0 Å². The van der Waals surface area contributed by atoms with Crippen LogP contribution in [0, 0.1) is 0 Å². The summed E-state index contributed by atoms with van der Waals surface area (Å²) in [6, 6.07) is 5.43. The van der Waals surface area contributed by atoms with E-state index in [2.05, 4.69) is 10.6 Å². The minimum absolute atomic E-state index is 0.0244. The van der Waals surface area contributed by atoms with Crippen molar-refractivity contribution < 1.29 is 22.8 Å². The van der Waals surface area contributed by atoms with Crippen LogP contribution < -0.4 is 10.6 Å². The molecule has 27 heavy (non-hydrogen) atoms. The van der Waals surface area contributed by atoms with Crippen LogP contribution in [0.4, 0.5) is 4.79 Å². The first-order valence-corrected chi connectivity index (χ1v) is 10.8. The third-order valence-electron chi connectivity index (χ3n) is 4.94. The fraction of sp³-hybridized carbons (Fsp3) is 0.471. The minimum atomic E-state index is -3.14. The highest BCUT2D eigenvalue weighted by Crippen LogP contribution is 2.33. The molecule has 0 unspecified atom stereocenters. The van der Waals surface area contributed by atoms with Crippen LogP contribution in [0.2, 0.25) is 5.02 Å². The zero-order chi connectivity index (χ0) is 19.8. The molecule has 8 nitrogen and oxygen atoms in total. The summed E-state index contributed by atoms with van der Waals surface area (Å²) in [5.41, 5.74) is -0.670. The summed E-state index contributed by atoms with van der Waals surface area (Å²) in [5, 5.41) is 5.77. The van der Waals surface area contributed by atoms with Crippen molar-refractivity contribution >= 4 is 39.3 Å². The quantitative estimate of drug-likeness (QED) is 0.693. The largest absolute Gasteiger partial charge is 0.351 e. The maximum atomic E-state index is 13.0. The number of nitrogens with one attached hydrogen (secondary N) is 2. The van der Waals surface area contributed by atoms with E-state index in [1.165, 1.54) is 0 Å². The van der Waals surface area contributed by atoms with E-state index >= 15 is 0 Å². The summed E-state index contributed by atoms with van der Waals surface area (Å²) in [4.78, 5) is 38.4. The highest BCUT2D eigenvalue weighted by atomic mass is 35.5. The number of hydrogen-bond donors (Lipinski definition) is 2. The molecule has 2 atom stereocenters. The van der Waals surface area contributed by atoms with Gasteiger partial charge in [-0.25, -0.2) is 13.2 Å². The first-order valence-electron chi connectivity index (χ1n) is 8.57. The van der Waals surface area contributed by atoms with Crippen LogP contribution in [0.1, 0.15) is 25.3 Å². The van der Waals surface area contributed by atoms with Crippen molar-refractivity contribution in [2.24, 2.45) is 0 Å². The Hall–Kier alpha value is -2.13. The summed E-state index contributed by atoms with van der Waals surface area (Å²) < 4.78 is 23.0. The maximum absolute atomic E-state index is 13.0. The summed E-state index contributed by atoms with van der Waals surface area (Å²) in [6.07, 6.45) is 0.635. The number of urea groups is 1. The maximum Gasteiger partial charge on any atom is 0.325 e. The van der Waals surface area contributed by atoms with Gasteiger partial charge in [-0.2, -0.15) is 0 Å². The van der Waals surface area contributed by atoms with Gasteiger partial charge >= 0.3 is 6.03 Å². The molecule has 0 saturated carbocycles. The second kappa shape index (κ2) is 7.12. The molecule has 0 bridgehead atoms. The smallest absolute Gasteiger partial charge is 0.325 e. The van der Waals surface area contributed by atoms with E-state index in [1.54, 1.807) is 31.2 Å². The second-order valence-electron chi connectivity index (χ2n) is 6.75. The minimum Gasteiger partial charge on any atom is -0.351 e. The third kappa shape index (κ3) is 3.79. The van der Waals surface area contributed by atoms with Crippen molar-refractivity contribution in [2.45, 2.75) is 31.3 Å². The summed E-state index contributed by atoms with van der Waals surface area (Å²) >= 11 is 5.89. The molecule has 0 radical (unpaired) electrons.